The van der Waals surface area contributed by atoms with Crippen molar-refractivity contribution in [1.29, 1.82) is 0 Å². The van der Waals surface area contributed by atoms with E-state index >= 15 is 0 Å². The van der Waals surface area contributed by atoms with Crippen LogP contribution in [0.4, 0.5) is 0 Å². The summed E-state index contributed by atoms with van der Waals surface area (Å²) in [6.07, 6.45) is -7.60. The van der Waals surface area contributed by atoms with Crippen LogP contribution in [0.1, 0.15) is 0 Å². The number of carboxylic acid groups (broad SMARTS) is 1. The Morgan fingerprint density at radius 1 is 1.21 bits per heavy atom. The SMILES string of the molecule is CO[C@@H]1O[C@H](C(=O)O)[C@@H](O)[C@H](O)C1O. The standard InChI is InChI=1S/C7H12O7/c1-13-7-4(10)2(8)3(9)5(14-7)6(11)12/h2-5,7-10H,1H3,(H,11,12)/t2-,3-,4?,5-,7+/m0/s1. The second-order valence-electron chi connectivity index (χ2n) is 2.97. The highest BCUT2D eigenvalue weighted by molar-refractivity contribution is 5.73. The number of hydrogen-bond acceptors (Lipinski definition) is 6. The Morgan fingerprint density at radius 2 is 1.79 bits per heavy atom. The quantitative estimate of drug-likeness (QED) is 0.397. The predicted molar refractivity (Wildman–Crippen MR) is 41.3 cm³/mol. The molecule has 0 amide bonds. The third-order valence-electron chi connectivity index (χ3n) is 2.05. The van der Waals surface area contributed by atoms with Crippen LogP contribution >= 0.6 is 0 Å². The number of carbonyl (C=O) groups is 1. The van der Waals surface area contributed by atoms with Crippen LogP contribution in [0, 0.1) is 0 Å². The number of aliphatic hydroxyl groups excluding tert-OH is 3. The second-order valence-corrected chi connectivity index (χ2v) is 2.97. The predicted octanol–water partition coefficient (Wildman–Crippen LogP) is -2.47. The van der Waals surface area contributed by atoms with Crippen molar-refractivity contribution in [3.05, 3.63) is 0 Å². The minimum absolute atomic E-state index is 1.19. The molecule has 7 heteroatoms. The summed E-state index contributed by atoms with van der Waals surface area (Å²) in [6, 6.07) is 0. The van der Waals surface area contributed by atoms with E-state index in [1.54, 1.807) is 0 Å². The first-order valence-electron chi connectivity index (χ1n) is 3.94. The number of rotatable bonds is 2. The Kier molecular flexibility index (Phi) is 3.40. The summed E-state index contributed by atoms with van der Waals surface area (Å²) >= 11 is 0. The van der Waals surface area contributed by atoms with E-state index in [4.69, 9.17) is 9.84 Å². The van der Waals surface area contributed by atoms with Gasteiger partial charge in [0.25, 0.3) is 0 Å². The van der Waals surface area contributed by atoms with Crippen molar-refractivity contribution in [1.82, 2.24) is 0 Å². The van der Waals surface area contributed by atoms with Gasteiger partial charge in [0, 0.05) is 7.11 Å². The molecule has 0 spiro atoms. The number of ether oxygens (including phenoxy) is 2. The van der Waals surface area contributed by atoms with Crippen LogP contribution in [0.5, 0.6) is 0 Å². The van der Waals surface area contributed by atoms with Crippen molar-refractivity contribution in [3.8, 4) is 0 Å². The summed E-state index contributed by atoms with van der Waals surface area (Å²) in [7, 11) is 1.19. The van der Waals surface area contributed by atoms with Gasteiger partial charge in [-0.1, -0.05) is 0 Å². The molecule has 1 heterocycles. The topological polar surface area (TPSA) is 116 Å². The van der Waals surface area contributed by atoms with E-state index in [1.165, 1.54) is 7.11 Å². The largest absolute Gasteiger partial charge is 0.479 e. The van der Waals surface area contributed by atoms with E-state index in [-0.39, 0.29) is 0 Å². The third kappa shape index (κ3) is 1.86. The summed E-state index contributed by atoms with van der Waals surface area (Å²) < 4.78 is 9.31. The molecule has 7 nitrogen and oxygen atoms in total. The number of carboxylic acids is 1. The molecule has 14 heavy (non-hydrogen) atoms. The molecular formula is C7H12O7. The lowest BCUT2D eigenvalue weighted by Gasteiger charge is -2.37. The molecule has 1 saturated heterocycles. The number of aliphatic carboxylic acids is 1. The van der Waals surface area contributed by atoms with E-state index in [1.807, 2.05) is 0 Å². The van der Waals surface area contributed by atoms with Gasteiger partial charge in [-0.15, -0.1) is 0 Å². The Morgan fingerprint density at radius 3 is 2.21 bits per heavy atom. The molecule has 5 atom stereocenters. The van der Waals surface area contributed by atoms with Crippen molar-refractivity contribution < 1.29 is 34.7 Å². The van der Waals surface area contributed by atoms with Crippen molar-refractivity contribution in [3.63, 3.8) is 0 Å². The lowest BCUT2D eigenvalue weighted by molar-refractivity contribution is -0.287. The average Bonchev–Trinajstić information content (AvgIpc) is 2.14. The van der Waals surface area contributed by atoms with Crippen LogP contribution in [-0.4, -0.2) is 64.2 Å². The van der Waals surface area contributed by atoms with Gasteiger partial charge in [-0.05, 0) is 0 Å². The van der Waals surface area contributed by atoms with Gasteiger partial charge in [-0.25, -0.2) is 4.79 Å². The van der Waals surface area contributed by atoms with Crippen LogP contribution in [0.15, 0.2) is 0 Å². The zero-order valence-electron chi connectivity index (χ0n) is 7.40. The van der Waals surface area contributed by atoms with Crippen molar-refractivity contribution in [2.45, 2.75) is 30.7 Å². The summed E-state index contributed by atoms with van der Waals surface area (Å²) in [4.78, 5) is 10.5. The van der Waals surface area contributed by atoms with Gasteiger partial charge in [0.05, 0.1) is 0 Å². The van der Waals surface area contributed by atoms with Crippen molar-refractivity contribution >= 4 is 5.97 Å². The summed E-state index contributed by atoms with van der Waals surface area (Å²) in [5, 5.41) is 36.3. The first-order valence-corrected chi connectivity index (χ1v) is 3.94. The lowest BCUT2D eigenvalue weighted by Crippen LogP contribution is -2.60. The van der Waals surface area contributed by atoms with Crippen molar-refractivity contribution in [2.75, 3.05) is 7.11 Å². The highest BCUT2D eigenvalue weighted by atomic mass is 16.7. The molecule has 0 aliphatic carbocycles. The maximum atomic E-state index is 10.5. The monoisotopic (exact) mass is 208 g/mol. The minimum atomic E-state index is -1.67. The molecule has 1 unspecified atom stereocenters. The van der Waals surface area contributed by atoms with Gasteiger partial charge in [-0.2, -0.15) is 0 Å². The Balaban J connectivity index is 2.78. The van der Waals surface area contributed by atoms with Crippen LogP contribution in [0.2, 0.25) is 0 Å². The fraction of sp³-hybridized carbons (Fsp3) is 0.857. The third-order valence-corrected chi connectivity index (χ3v) is 2.05. The molecule has 0 radical (unpaired) electrons. The van der Waals surface area contributed by atoms with Crippen LogP contribution in [0.3, 0.4) is 0 Å². The number of aliphatic hydroxyl groups is 3. The summed E-state index contributed by atoms with van der Waals surface area (Å²) in [5.74, 6) is -1.43. The molecule has 1 aliphatic heterocycles. The van der Waals surface area contributed by atoms with E-state index < -0.39 is 36.7 Å². The van der Waals surface area contributed by atoms with E-state index in [9.17, 15) is 20.1 Å². The van der Waals surface area contributed by atoms with Gasteiger partial charge in [-0.3, -0.25) is 0 Å². The molecule has 1 rings (SSSR count). The first-order chi connectivity index (χ1) is 6.49. The highest BCUT2D eigenvalue weighted by Crippen LogP contribution is 2.21. The molecule has 0 saturated carbocycles. The van der Waals surface area contributed by atoms with Gasteiger partial charge in [0.2, 0.25) is 0 Å². The van der Waals surface area contributed by atoms with E-state index in [0.29, 0.717) is 0 Å². The Labute approximate surface area is 79.5 Å². The van der Waals surface area contributed by atoms with Crippen LogP contribution in [-0.2, 0) is 14.3 Å². The molecule has 0 aromatic rings. The van der Waals surface area contributed by atoms with Gasteiger partial charge >= 0.3 is 5.97 Å². The molecule has 0 bridgehead atoms. The second kappa shape index (κ2) is 4.20. The highest BCUT2D eigenvalue weighted by Gasteiger charge is 2.46. The maximum absolute atomic E-state index is 10.5. The normalized spacial score (nSPS) is 43.6. The fourth-order valence-corrected chi connectivity index (χ4v) is 1.25. The number of methoxy groups -OCH3 is 1. The van der Waals surface area contributed by atoms with Crippen LogP contribution < -0.4 is 0 Å². The lowest BCUT2D eigenvalue weighted by atomic mass is 9.99. The Bertz CT molecular complexity index is 216. The summed E-state index contributed by atoms with van der Waals surface area (Å²) in [6.45, 7) is 0. The summed E-state index contributed by atoms with van der Waals surface area (Å²) in [5.41, 5.74) is 0. The smallest absolute Gasteiger partial charge is 0.335 e. The molecule has 82 valence electrons. The zero-order chi connectivity index (χ0) is 10.9. The zero-order valence-corrected chi connectivity index (χ0v) is 7.40. The van der Waals surface area contributed by atoms with Crippen molar-refractivity contribution in [2.24, 2.45) is 0 Å². The minimum Gasteiger partial charge on any atom is -0.479 e. The molecular weight excluding hydrogens is 196 g/mol. The van der Waals surface area contributed by atoms with Gasteiger partial charge in [0.1, 0.15) is 18.3 Å². The van der Waals surface area contributed by atoms with Crippen LogP contribution in [0.25, 0.3) is 0 Å². The molecule has 1 fully saturated rings. The van der Waals surface area contributed by atoms with Gasteiger partial charge < -0.3 is 29.9 Å². The Hall–Kier alpha value is -0.730. The molecule has 4 N–H and O–H groups in total. The molecule has 1 aliphatic rings. The maximum Gasteiger partial charge on any atom is 0.335 e. The first kappa shape index (κ1) is 11.3. The number of hydrogen-bond donors (Lipinski definition) is 4. The molecule has 0 aromatic carbocycles. The van der Waals surface area contributed by atoms with E-state index in [0.717, 1.165) is 0 Å². The molecule has 0 aromatic heterocycles. The van der Waals surface area contributed by atoms with Gasteiger partial charge in [0.15, 0.2) is 12.4 Å². The average molecular weight is 208 g/mol. The van der Waals surface area contributed by atoms with E-state index in [2.05, 4.69) is 4.74 Å². The fourth-order valence-electron chi connectivity index (χ4n) is 1.25.